The molecule has 0 aliphatic carbocycles. The van der Waals surface area contributed by atoms with Crippen LogP contribution >= 0.6 is 0 Å². The lowest BCUT2D eigenvalue weighted by atomic mass is 10.0. The molecule has 0 aliphatic rings. The summed E-state index contributed by atoms with van der Waals surface area (Å²) >= 11 is 0. The molecular weight excluding hydrogens is 198 g/mol. The number of rotatable bonds is 3. The molecule has 0 atom stereocenters. The number of alkyl halides is 6. The Morgan fingerprint density at radius 3 is 1.62 bits per heavy atom. The van der Waals surface area contributed by atoms with Gasteiger partial charge in [0.25, 0.3) is 0 Å². The Morgan fingerprint density at radius 1 is 1.00 bits per heavy atom. The van der Waals surface area contributed by atoms with Gasteiger partial charge in [-0.3, -0.25) is 0 Å². The smallest absolute Gasteiger partial charge is 0.170 e. The van der Waals surface area contributed by atoms with Crippen LogP contribution in [-0.4, -0.2) is 12.4 Å². The number of allylic oxidation sites excluding steroid dienone is 1. The minimum absolute atomic E-state index is 0.302. The van der Waals surface area contributed by atoms with Crippen LogP contribution in [0.25, 0.3) is 0 Å². The van der Waals surface area contributed by atoms with Gasteiger partial charge >= 0.3 is 12.4 Å². The van der Waals surface area contributed by atoms with Crippen molar-refractivity contribution in [3.8, 4) is 0 Å². The average Bonchev–Trinajstić information content (AvgIpc) is 1.81. The summed E-state index contributed by atoms with van der Waals surface area (Å²) < 4.78 is 70.7. The maximum Gasteiger partial charge on any atom is 0.400 e. The van der Waals surface area contributed by atoms with E-state index in [1.54, 1.807) is 0 Å². The minimum Gasteiger partial charge on any atom is -0.170 e. The maximum absolute atomic E-state index is 11.8. The SMILES string of the molecule is C=CCCC(C(F)(F)F)C(F)(F)F. The van der Waals surface area contributed by atoms with Crippen molar-refractivity contribution in [3.63, 3.8) is 0 Å². The first-order valence-corrected chi connectivity index (χ1v) is 3.44. The highest BCUT2D eigenvalue weighted by atomic mass is 19.4. The Labute approximate surface area is 71.2 Å². The van der Waals surface area contributed by atoms with E-state index in [0.29, 0.717) is 0 Å². The molecule has 0 bridgehead atoms. The summed E-state index contributed by atoms with van der Waals surface area (Å²) in [6.07, 6.45) is -10.7. The lowest BCUT2D eigenvalue weighted by Crippen LogP contribution is -2.36. The van der Waals surface area contributed by atoms with Crippen LogP contribution in [0.15, 0.2) is 12.7 Å². The van der Waals surface area contributed by atoms with Crippen LogP contribution in [0.3, 0.4) is 0 Å². The molecule has 0 N–H and O–H groups in total. The lowest BCUT2D eigenvalue weighted by Gasteiger charge is -2.22. The van der Waals surface area contributed by atoms with Gasteiger partial charge in [0.2, 0.25) is 0 Å². The van der Waals surface area contributed by atoms with Crippen molar-refractivity contribution in [2.24, 2.45) is 5.92 Å². The quantitative estimate of drug-likeness (QED) is 0.488. The summed E-state index contributed by atoms with van der Waals surface area (Å²) in [5, 5.41) is 0. The zero-order valence-corrected chi connectivity index (χ0v) is 6.54. The molecule has 0 heterocycles. The second-order valence-electron chi connectivity index (χ2n) is 2.50. The fraction of sp³-hybridized carbons (Fsp3) is 0.714. The molecular formula is C7H8F6. The van der Waals surface area contributed by atoms with Crippen LogP contribution in [0.1, 0.15) is 12.8 Å². The fourth-order valence-corrected chi connectivity index (χ4v) is 0.797. The first kappa shape index (κ1) is 12.3. The number of hydrogen-bond donors (Lipinski definition) is 0. The van der Waals surface area contributed by atoms with Gasteiger partial charge in [-0.15, -0.1) is 6.58 Å². The summed E-state index contributed by atoms with van der Waals surface area (Å²) in [5.41, 5.74) is 0. The molecule has 0 amide bonds. The second-order valence-corrected chi connectivity index (χ2v) is 2.50. The molecule has 0 aliphatic heterocycles. The second kappa shape index (κ2) is 4.02. The molecule has 0 unspecified atom stereocenters. The average molecular weight is 206 g/mol. The fourth-order valence-electron chi connectivity index (χ4n) is 0.797. The Morgan fingerprint density at radius 2 is 1.38 bits per heavy atom. The minimum atomic E-state index is -5.22. The van der Waals surface area contributed by atoms with Crippen molar-refractivity contribution in [1.29, 1.82) is 0 Å². The van der Waals surface area contributed by atoms with E-state index >= 15 is 0 Å². The van der Waals surface area contributed by atoms with E-state index in [4.69, 9.17) is 0 Å². The van der Waals surface area contributed by atoms with Crippen LogP contribution in [-0.2, 0) is 0 Å². The molecule has 0 spiro atoms. The standard InChI is InChI=1S/C7H8F6/c1-2-3-4-5(6(8,9)10)7(11,12)13/h2,5H,1,3-4H2. The molecule has 0 rings (SSSR count). The van der Waals surface area contributed by atoms with Crippen molar-refractivity contribution >= 4 is 0 Å². The van der Waals surface area contributed by atoms with E-state index in [2.05, 4.69) is 6.58 Å². The first-order valence-electron chi connectivity index (χ1n) is 3.44. The number of hydrogen-bond acceptors (Lipinski definition) is 0. The van der Waals surface area contributed by atoms with Gasteiger partial charge in [-0.2, -0.15) is 26.3 Å². The van der Waals surface area contributed by atoms with Crippen molar-refractivity contribution in [1.82, 2.24) is 0 Å². The summed E-state index contributed by atoms with van der Waals surface area (Å²) in [4.78, 5) is 0. The predicted molar refractivity (Wildman–Crippen MR) is 35.0 cm³/mol. The van der Waals surface area contributed by atoms with E-state index in [1.807, 2.05) is 0 Å². The van der Waals surface area contributed by atoms with Gasteiger partial charge in [0.15, 0.2) is 5.92 Å². The van der Waals surface area contributed by atoms with Gasteiger partial charge in [-0.25, -0.2) is 0 Å². The highest BCUT2D eigenvalue weighted by Gasteiger charge is 2.55. The molecule has 0 saturated heterocycles. The lowest BCUT2D eigenvalue weighted by molar-refractivity contribution is -0.285. The Kier molecular flexibility index (Phi) is 3.81. The molecule has 6 heteroatoms. The molecule has 0 fully saturated rings. The van der Waals surface area contributed by atoms with Crippen molar-refractivity contribution in [2.75, 3.05) is 0 Å². The topological polar surface area (TPSA) is 0 Å². The molecule has 0 saturated carbocycles. The van der Waals surface area contributed by atoms with E-state index in [9.17, 15) is 26.3 Å². The van der Waals surface area contributed by atoms with Crippen molar-refractivity contribution in [2.45, 2.75) is 25.2 Å². The van der Waals surface area contributed by atoms with Gasteiger partial charge in [0, 0.05) is 0 Å². The monoisotopic (exact) mass is 206 g/mol. The van der Waals surface area contributed by atoms with Crippen LogP contribution < -0.4 is 0 Å². The van der Waals surface area contributed by atoms with Crippen molar-refractivity contribution < 1.29 is 26.3 Å². The normalized spacial score (nSPS) is 13.5. The molecule has 0 nitrogen and oxygen atoms in total. The summed E-state index contributed by atoms with van der Waals surface area (Å²) in [7, 11) is 0. The highest BCUT2D eigenvalue weighted by Crippen LogP contribution is 2.41. The molecule has 0 aromatic heterocycles. The van der Waals surface area contributed by atoms with Crippen LogP contribution in [0.4, 0.5) is 26.3 Å². The number of halogens is 6. The Hall–Kier alpha value is -0.680. The van der Waals surface area contributed by atoms with E-state index in [0.717, 1.165) is 6.08 Å². The third kappa shape index (κ3) is 4.19. The van der Waals surface area contributed by atoms with Crippen molar-refractivity contribution in [3.05, 3.63) is 12.7 Å². The highest BCUT2D eigenvalue weighted by molar-refractivity contribution is 4.79. The third-order valence-electron chi connectivity index (χ3n) is 1.45. The predicted octanol–water partition coefficient (Wildman–Crippen LogP) is 3.69. The van der Waals surface area contributed by atoms with Gasteiger partial charge in [0.1, 0.15) is 0 Å². The first-order chi connectivity index (χ1) is 5.69. The molecule has 0 aromatic carbocycles. The molecule has 0 aromatic rings. The van der Waals surface area contributed by atoms with Crippen LogP contribution in [0.2, 0.25) is 0 Å². The van der Waals surface area contributed by atoms with Crippen LogP contribution in [0, 0.1) is 5.92 Å². The summed E-state index contributed by atoms with van der Waals surface area (Å²) in [5.74, 6) is -3.24. The zero-order valence-electron chi connectivity index (χ0n) is 6.54. The molecule has 0 radical (unpaired) electrons. The van der Waals surface area contributed by atoms with E-state index < -0.39 is 24.7 Å². The van der Waals surface area contributed by atoms with Gasteiger partial charge in [0.05, 0.1) is 0 Å². The Bertz CT molecular complexity index is 151. The third-order valence-corrected chi connectivity index (χ3v) is 1.45. The Balaban J connectivity index is 4.47. The summed E-state index contributed by atoms with van der Waals surface area (Å²) in [6, 6.07) is 0. The maximum atomic E-state index is 11.8. The molecule has 13 heavy (non-hydrogen) atoms. The van der Waals surface area contributed by atoms with Gasteiger partial charge in [-0.1, -0.05) is 6.08 Å². The zero-order chi connectivity index (χ0) is 10.7. The summed E-state index contributed by atoms with van der Waals surface area (Å²) in [6.45, 7) is 3.06. The van der Waals surface area contributed by atoms with Gasteiger partial charge < -0.3 is 0 Å². The molecule has 78 valence electrons. The van der Waals surface area contributed by atoms with Crippen LogP contribution in [0.5, 0.6) is 0 Å². The van der Waals surface area contributed by atoms with Gasteiger partial charge in [-0.05, 0) is 12.8 Å². The van der Waals surface area contributed by atoms with E-state index in [-0.39, 0.29) is 6.42 Å². The largest absolute Gasteiger partial charge is 0.400 e. The van der Waals surface area contributed by atoms with E-state index in [1.165, 1.54) is 0 Å².